The van der Waals surface area contributed by atoms with Crippen molar-refractivity contribution >= 4 is 5.97 Å². The molecule has 2 atom stereocenters. The van der Waals surface area contributed by atoms with Crippen molar-refractivity contribution in [1.82, 2.24) is 4.90 Å². The highest BCUT2D eigenvalue weighted by molar-refractivity contribution is 5.74. The van der Waals surface area contributed by atoms with Gasteiger partial charge in [0.25, 0.3) is 0 Å². The zero-order valence-corrected chi connectivity index (χ0v) is 11.8. The molecule has 5 nitrogen and oxygen atoms in total. The fourth-order valence-corrected chi connectivity index (χ4v) is 2.61. The molecule has 1 fully saturated rings. The van der Waals surface area contributed by atoms with E-state index in [1.54, 1.807) is 0 Å². The lowest BCUT2D eigenvalue weighted by atomic mass is 9.81. The summed E-state index contributed by atoms with van der Waals surface area (Å²) in [5.74, 6) is -0.462. The monoisotopic (exact) mass is 258 g/mol. The number of hydrogen-bond donors (Lipinski definition) is 1. The summed E-state index contributed by atoms with van der Waals surface area (Å²) >= 11 is 0. The fourth-order valence-electron chi connectivity index (χ4n) is 2.61. The fraction of sp³-hybridized carbons (Fsp3) is 0.923. The van der Waals surface area contributed by atoms with Crippen LogP contribution in [0.15, 0.2) is 0 Å². The zero-order chi connectivity index (χ0) is 13.6. The van der Waals surface area contributed by atoms with E-state index in [4.69, 9.17) is 15.2 Å². The van der Waals surface area contributed by atoms with Gasteiger partial charge in [-0.3, -0.25) is 9.69 Å². The highest BCUT2D eigenvalue weighted by atomic mass is 16.5. The zero-order valence-electron chi connectivity index (χ0n) is 11.8. The summed E-state index contributed by atoms with van der Waals surface area (Å²) in [7, 11) is 0. The van der Waals surface area contributed by atoms with Gasteiger partial charge in [-0.05, 0) is 20.3 Å². The molecule has 0 aromatic carbocycles. The van der Waals surface area contributed by atoms with Crippen molar-refractivity contribution in [1.29, 1.82) is 0 Å². The van der Waals surface area contributed by atoms with E-state index in [9.17, 15) is 4.79 Å². The van der Waals surface area contributed by atoms with E-state index in [0.717, 1.165) is 32.7 Å². The first-order valence-corrected chi connectivity index (χ1v) is 6.79. The molecule has 0 bridgehead atoms. The molecule has 0 radical (unpaired) electrons. The van der Waals surface area contributed by atoms with Crippen LogP contribution in [0.4, 0.5) is 0 Å². The largest absolute Gasteiger partial charge is 0.466 e. The molecule has 0 unspecified atom stereocenters. The standard InChI is InChI=1S/C13H26N2O3/c1-4-13(3,15-6-8-17-9-7-15)11(10-14)12(16)18-5-2/h11H,4-10,14H2,1-3H3/t11-,13+/m1/s1. The molecule has 2 N–H and O–H groups in total. The maximum atomic E-state index is 12.1. The molecule has 1 aliphatic rings. The van der Waals surface area contributed by atoms with E-state index >= 15 is 0 Å². The predicted octanol–water partition coefficient (Wildman–Crippen LogP) is 0.625. The minimum absolute atomic E-state index is 0.184. The van der Waals surface area contributed by atoms with Crippen LogP contribution in [-0.2, 0) is 14.3 Å². The van der Waals surface area contributed by atoms with E-state index in [1.807, 2.05) is 6.92 Å². The first-order chi connectivity index (χ1) is 8.60. The van der Waals surface area contributed by atoms with Gasteiger partial charge in [-0.2, -0.15) is 0 Å². The lowest BCUT2D eigenvalue weighted by Crippen LogP contribution is -2.59. The van der Waals surface area contributed by atoms with Crippen LogP contribution < -0.4 is 5.73 Å². The van der Waals surface area contributed by atoms with E-state index < -0.39 is 0 Å². The molecule has 0 spiro atoms. The third-order valence-corrected chi connectivity index (χ3v) is 4.01. The summed E-state index contributed by atoms with van der Waals surface area (Å²) in [6.07, 6.45) is 0.869. The highest BCUT2D eigenvalue weighted by Crippen LogP contribution is 2.30. The highest BCUT2D eigenvalue weighted by Gasteiger charge is 2.42. The Morgan fingerprint density at radius 1 is 1.44 bits per heavy atom. The summed E-state index contributed by atoms with van der Waals surface area (Å²) in [5.41, 5.74) is 5.57. The topological polar surface area (TPSA) is 64.8 Å². The van der Waals surface area contributed by atoms with Crippen molar-refractivity contribution in [2.45, 2.75) is 32.7 Å². The summed E-state index contributed by atoms with van der Waals surface area (Å²) < 4.78 is 10.5. The Kier molecular flexibility index (Phi) is 6.05. The number of carbonyl (C=O) groups excluding carboxylic acids is 1. The van der Waals surface area contributed by atoms with Gasteiger partial charge in [0.1, 0.15) is 0 Å². The number of carbonyl (C=O) groups is 1. The van der Waals surface area contributed by atoms with Gasteiger partial charge in [-0.25, -0.2) is 0 Å². The maximum Gasteiger partial charge on any atom is 0.312 e. The summed E-state index contributed by atoms with van der Waals surface area (Å²) in [5, 5.41) is 0. The summed E-state index contributed by atoms with van der Waals surface area (Å²) in [4.78, 5) is 14.4. The van der Waals surface area contributed by atoms with Gasteiger partial charge in [-0.15, -0.1) is 0 Å². The van der Waals surface area contributed by atoms with Gasteiger partial charge in [0.2, 0.25) is 0 Å². The molecule has 1 rings (SSSR count). The second-order valence-electron chi connectivity index (χ2n) is 4.85. The molecular weight excluding hydrogens is 232 g/mol. The molecule has 0 aliphatic carbocycles. The lowest BCUT2D eigenvalue weighted by molar-refractivity contribution is -0.155. The first kappa shape index (κ1) is 15.4. The van der Waals surface area contributed by atoms with Gasteiger partial charge in [0.05, 0.1) is 25.7 Å². The molecule has 1 heterocycles. The Labute approximate surface area is 110 Å². The van der Waals surface area contributed by atoms with Crippen LogP contribution in [0.1, 0.15) is 27.2 Å². The number of hydrogen-bond acceptors (Lipinski definition) is 5. The molecule has 106 valence electrons. The number of ether oxygens (including phenoxy) is 2. The number of nitrogens with two attached hydrogens (primary N) is 1. The van der Waals surface area contributed by atoms with E-state index in [0.29, 0.717) is 13.2 Å². The van der Waals surface area contributed by atoms with Crippen molar-refractivity contribution in [3.63, 3.8) is 0 Å². The van der Waals surface area contributed by atoms with Gasteiger partial charge >= 0.3 is 5.97 Å². The third-order valence-electron chi connectivity index (χ3n) is 4.01. The van der Waals surface area contributed by atoms with Gasteiger partial charge in [0.15, 0.2) is 0 Å². The van der Waals surface area contributed by atoms with E-state index in [1.165, 1.54) is 0 Å². The second-order valence-corrected chi connectivity index (χ2v) is 4.85. The Morgan fingerprint density at radius 2 is 2.06 bits per heavy atom. The van der Waals surface area contributed by atoms with Crippen LogP contribution in [0, 0.1) is 5.92 Å². The SMILES string of the molecule is CCOC(=O)[C@@H](CN)[C@](C)(CC)N1CCOCC1. The maximum absolute atomic E-state index is 12.1. The Balaban J connectivity index is 2.84. The van der Waals surface area contributed by atoms with Crippen molar-refractivity contribution < 1.29 is 14.3 Å². The minimum Gasteiger partial charge on any atom is -0.466 e. The van der Waals surface area contributed by atoms with Crippen LogP contribution >= 0.6 is 0 Å². The average Bonchev–Trinajstić information content (AvgIpc) is 2.40. The van der Waals surface area contributed by atoms with Crippen LogP contribution in [0.3, 0.4) is 0 Å². The first-order valence-electron chi connectivity index (χ1n) is 6.79. The lowest BCUT2D eigenvalue weighted by Gasteiger charge is -2.46. The average molecular weight is 258 g/mol. The summed E-state index contributed by atoms with van der Waals surface area (Å²) in [6.45, 7) is 9.87. The molecule has 5 heteroatoms. The van der Waals surface area contributed by atoms with E-state index in [-0.39, 0.29) is 17.4 Å². The Hall–Kier alpha value is -0.650. The predicted molar refractivity (Wildman–Crippen MR) is 70.3 cm³/mol. The van der Waals surface area contributed by atoms with Crippen LogP contribution in [0.25, 0.3) is 0 Å². The smallest absolute Gasteiger partial charge is 0.312 e. The molecule has 0 amide bonds. The van der Waals surface area contributed by atoms with Gasteiger partial charge in [0, 0.05) is 25.2 Å². The third kappa shape index (κ3) is 3.22. The quantitative estimate of drug-likeness (QED) is 0.708. The van der Waals surface area contributed by atoms with Crippen LogP contribution in [0.2, 0.25) is 0 Å². The Morgan fingerprint density at radius 3 is 2.50 bits per heavy atom. The number of nitrogens with zero attached hydrogens (tertiary/aromatic N) is 1. The Bertz CT molecular complexity index is 267. The van der Waals surface area contributed by atoms with Crippen LogP contribution in [-0.4, -0.2) is 55.9 Å². The van der Waals surface area contributed by atoms with Crippen LogP contribution in [0.5, 0.6) is 0 Å². The molecule has 18 heavy (non-hydrogen) atoms. The molecular formula is C13H26N2O3. The van der Waals surface area contributed by atoms with Crippen molar-refractivity contribution in [2.24, 2.45) is 11.7 Å². The minimum atomic E-state index is -0.277. The van der Waals surface area contributed by atoms with Gasteiger partial charge < -0.3 is 15.2 Å². The summed E-state index contributed by atoms with van der Waals surface area (Å²) in [6, 6.07) is 0. The second kappa shape index (κ2) is 7.07. The normalized spacial score (nSPS) is 22.2. The van der Waals surface area contributed by atoms with E-state index in [2.05, 4.69) is 18.7 Å². The van der Waals surface area contributed by atoms with Crippen molar-refractivity contribution in [3.8, 4) is 0 Å². The molecule has 0 aromatic rings. The van der Waals surface area contributed by atoms with Gasteiger partial charge in [-0.1, -0.05) is 6.92 Å². The molecule has 0 aromatic heterocycles. The molecule has 1 saturated heterocycles. The molecule has 0 saturated carbocycles. The number of rotatable bonds is 6. The van der Waals surface area contributed by atoms with Crippen molar-refractivity contribution in [3.05, 3.63) is 0 Å². The number of morpholine rings is 1. The number of esters is 1. The molecule has 1 aliphatic heterocycles. The van der Waals surface area contributed by atoms with Crippen molar-refractivity contribution in [2.75, 3.05) is 39.5 Å².